The SMILES string of the molecule is CCn1c(S[C@@H](C)C(=O)Nc2ccccc2)nc2ccccc2c1=O. The minimum Gasteiger partial charge on any atom is -0.325 e. The number of carbonyl (C=O) groups is 1. The van der Waals surface area contributed by atoms with Crippen LogP contribution >= 0.6 is 11.8 Å². The summed E-state index contributed by atoms with van der Waals surface area (Å²) in [6.45, 7) is 4.22. The average Bonchev–Trinajstić information content (AvgIpc) is 2.63. The molecule has 0 aliphatic rings. The van der Waals surface area contributed by atoms with Crippen molar-refractivity contribution in [2.75, 3.05) is 5.32 Å². The van der Waals surface area contributed by atoms with E-state index in [1.54, 1.807) is 10.6 Å². The predicted molar refractivity (Wildman–Crippen MR) is 102 cm³/mol. The second-order valence-electron chi connectivity index (χ2n) is 5.58. The van der Waals surface area contributed by atoms with Crippen molar-refractivity contribution in [3.63, 3.8) is 0 Å². The monoisotopic (exact) mass is 353 g/mol. The van der Waals surface area contributed by atoms with Gasteiger partial charge in [-0.1, -0.05) is 42.1 Å². The van der Waals surface area contributed by atoms with Crippen LogP contribution in [0.3, 0.4) is 0 Å². The largest absolute Gasteiger partial charge is 0.325 e. The molecule has 0 aliphatic heterocycles. The first-order valence-corrected chi connectivity index (χ1v) is 9.00. The zero-order valence-corrected chi connectivity index (χ0v) is 14.9. The van der Waals surface area contributed by atoms with Crippen molar-refractivity contribution < 1.29 is 4.79 Å². The first kappa shape index (κ1) is 17.2. The van der Waals surface area contributed by atoms with E-state index in [1.807, 2.05) is 62.4 Å². The molecule has 0 spiro atoms. The number of fused-ring (bicyclic) bond motifs is 1. The van der Waals surface area contributed by atoms with E-state index in [-0.39, 0.29) is 16.7 Å². The fraction of sp³-hybridized carbons (Fsp3) is 0.211. The van der Waals surface area contributed by atoms with Crippen molar-refractivity contribution in [1.29, 1.82) is 0 Å². The smallest absolute Gasteiger partial charge is 0.262 e. The van der Waals surface area contributed by atoms with Gasteiger partial charge in [0.05, 0.1) is 16.2 Å². The summed E-state index contributed by atoms with van der Waals surface area (Å²) in [5, 5.41) is 3.64. The molecule has 0 radical (unpaired) electrons. The van der Waals surface area contributed by atoms with E-state index in [4.69, 9.17) is 0 Å². The summed E-state index contributed by atoms with van der Waals surface area (Å²) in [5.41, 5.74) is 1.32. The number of amides is 1. The first-order valence-electron chi connectivity index (χ1n) is 8.12. The Labute approximate surface area is 150 Å². The van der Waals surface area contributed by atoms with Crippen LogP contribution in [0, 0.1) is 0 Å². The molecule has 3 aromatic rings. The molecule has 5 nitrogen and oxygen atoms in total. The highest BCUT2D eigenvalue weighted by molar-refractivity contribution is 8.00. The highest BCUT2D eigenvalue weighted by Crippen LogP contribution is 2.23. The van der Waals surface area contributed by atoms with E-state index in [2.05, 4.69) is 10.3 Å². The van der Waals surface area contributed by atoms with Gasteiger partial charge in [-0.05, 0) is 38.1 Å². The van der Waals surface area contributed by atoms with Gasteiger partial charge in [-0.2, -0.15) is 0 Å². The lowest BCUT2D eigenvalue weighted by Gasteiger charge is -2.15. The molecular formula is C19H19N3O2S. The average molecular weight is 353 g/mol. The second-order valence-corrected chi connectivity index (χ2v) is 6.88. The topological polar surface area (TPSA) is 64.0 Å². The molecule has 0 unspecified atom stereocenters. The highest BCUT2D eigenvalue weighted by atomic mass is 32.2. The standard InChI is InChI=1S/C19H19N3O2S/c1-3-22-18(24)15-11-7-8-12-16(15)21-19(22)25-13(2)17(23)20-14-9-5-4-6-10-14/h4-13H,3H2,1-2H3,(H,20,23)/t13-/m0/s1. The summed E-state index contributed by atoms with van der Waals surface area (Å²) in [6.07, 6.45) is 0. The van der Waals surface area contributed by atoms with Crippen LogP contribution in [-0.2, 0) is 11.3 Å². The number of hydrogen-bond acceptors (Lipinski definition) is 4. The Morgan fingerprint density at radius 2 is 1.84 bits per heavy atom. The van der Waals surface area contributed by atoms with Crippen LogP contribution in [0.25, 0.3) is 10.9 Å². The second kappa shape index (κ2) is 7.53. The van der Waals surface area contributed by atoms with Crippen molar-refractivity contribution in [3.8, 4) is 0 Å². The minimum atomic E-state index is -0.383. The van der Waals surface area contributed by atoms with Crippen molar-refractivity contribution in [3.05, 3.63) is 65.0 Å². The molecule has 1 heterocycles. The fourth-order valence-electron chi connectivity index (χ4n) is 2.49. The molecule has 0 aliphatic carbocycles. The molecule has 2 aromatic carbocycles. The lowest BCUT2D eigenvalue weighted by Crippen LogP contribution is -2.26. The van der Waals surface area contributed by atoms with E-state index in [1.165, 1.54) is 11.8 Å². The number of nitrogens with zero attached hydrogens (tertiary/aromatic N) is 2. The molecule has 1 atom stereocenters. The number of hydrogen-bond donors (Lipinski definition) is 1. The Bertz CT molecular complexity index is 954. The van der Waals surface area contributed by atoms with Crippen LogP contribution in [0.15, 0.2) is 64.5 Å². The maximum atomic E-state index is 12.6. The van der Waals surface area contributed by atoms with Gasteiger partial charge in [0.2, 0.25) is 5.91 Å². The summed E-state index contributed by atoms with van der Waals surface area (Å²) in [5.74, 6) is -0.124. The van der Waals surface area contributed by atoms with Gasteiger partial charge in [0.25, 0.3) is 5.56 Å². The molecule has 0 saturated heterocycles. The van der Waals surface area contributed by atoms with Crippen molar-refractivity contribution >= 4 is 34.3 Å². The number of nitrogens with one attached hydrogen (secondary N) is 1. The van der Waals surface area contributed by atoms with E-state index < -0.39 is 0 Å². The molecule has 128 valence electrons. The van der Waals surface area contributed by atoms with Crippen LogP contribution in [0.2, 0.25) is 0 Å². The normalized spacial score (nSPS) is 12.1. The fourth-order valence-corrected chi connectivity index (χ4v) is 3.47. The van der Waals surface area contributed by atoms with Gasteiger partial charge in [0.1, 0.15) is 0 Å². The van der Waals surface area contributed by atoms with Crippen LogP contribution < -0.4 is 10.9 Å². The van der Waals surface area contributed by atoms with Crippen molar-refractivity contribution in [1.82, 2.24) is 9.55 Å². The maximum Gasteiger partial charge on any atom is 0.262 e. The van der Waals surface area contributed by atoms with E-state index >= 15 is 0 Å². The van der Waals surface area contributed by atoms with Crippen LogP contribution in [0.5, 0.6) is 0 Å². The third-order valence-corrected chi connectivity index (χ3v) is 4.93. The van der Waals surface area contributed by atoms with E-state index in [9.17, 15) is 9.59 Å². The Morgan fingerprint density at radius 3 is 2.56 bits per heavy atom. The molecule has 3 rings (SSSR count). The number of aromatic nitrogens is 2. The van der Waals surface area contributed by atoms with E-state index in [0.717, 1.165) is 5.69 Å². The van der Waals surface area contributed by atoms with Gasteiger partial charge in [-0.3, -0.25) is 14.2 Å². The van der Waals surface area contributed by atoms with Gasteiger partial charge < -0.3 is 5.32 Å². The van der Waals surface area contributed by atoms with Gasteiger partial charge >= 0.3 is 0 Å². The van der Waals surface area contributed by atoms with E-state index in [0.29, 0.717) is 22.6 Å². The summed E-state index contributed by atoms with van der Waals surface area (Å²) in [4.78, 5) is 29.6. The van der Waals surface area contributed by atoms with Gasteiger partial charge in [-0.25, -0.2) is 4.98 Å². The quantitative estimate of drug-likeness (QED) is 0.563. The lowest BCUT2D eigenvalue weighted by molar-refractivity contribution is -0.115. The zero-order valence-electron chi connectivity index (χ0n) is 14.1. The number of carbonyl (C=O) groups excluding carboxylic acids is 1. The van der Waals surface area contributed by atoms with Crippen molar-refractivity contribution in [2.45, 2.75) is 30.8 Å². The van der Waals surface area contributed by atoms with Gasteiger partial charge in [-0.15, -0.1) is 0 Å². The zero-order chi connectivity index (χ0) is 17.8. The Hall–Kier alpha value is -2.60. The molecule has 0 saturated carbocycles. The Morgan fingerprint density at radius 1 is 1.16 bits per heavy atom. The Kier molecular flexibility index (Phi) is 5.19. The molecule has 0 bridgehead atoms. The number of thioether (sulfide) groups is 1. The van der Waals surface area contributed by atoms with Crippen LogP contribution in [-0.4, -0.2) is 20.7 Å². The third kappa shape index (κ3) is 3.74. The summed E-state index contributed by atoms with van der Waals surface area (Å²) < 4.78 is 1.61. The first-order chi connectivity index (χ1) is 12.1. The molecular weight excluding hydrogens is 334 g/mol. The van der Waals surface area contributed by atoms with Crippen LogP contribution in [0.1, 0.15) is 13.8 Å². The van der Waals surface area contributed by atoms with Gasteiger partial charge in [0.15, 0.2) is 5.16 Å². The molecule has 1 aromatic heterocycles. The maximum absolute atomic E-state index is 12.6. The lowest BCUT2D eigenvalue weighted by atomic mass is 10.2. The number of anilines is 1. The molecule has 1 amide bonds. The number of rotatable bonds is 5. The number of benzene rings is 2. The Balaban J connectivity index is 1.86. The number of para-hydroxylation sites is 2. The van der Waals surface area contributed by atoms with Crippen LogP contribution in [0.4, 0.5) is 5.69 Å². The summed E-state index contributed by atoms with van der Waals surface area (Å²) in [7, 11) is 0. The summed E-state index contributed by atoms with van der Waals surface area (Å²) in [6, 6.07) is 16.6. The predicted octanol–water partition coefficient (Wildman–Crippen LogP) is 3.54. The molecule has 0 fully saturated rings. The molecule has 6 heteroatoms. The minimum absolute atomic E-state index is 0.0775. The molecule has 25 heavy (non-hydrogen) atoms. The van der Waals surface area contributed by atoms with Crippen molar-refractivity contribution in [2.24, 2.45) is 0 Å². The molecule has 1 N–H and O–H groups in total. The third-order valence-electron chi connectivity index (χ3n) is 3.84. The van der Waals surface area contributed by atoms with Gasteiger partial charge in [0, 0.05) is 12.2 Å². The highest BCUT2D eigenvalue weighted by Gasteiger charge is 2.19. The summed E-state index contributed by atoms with van der Waals surface area (Å²) >= 11 is 1.29.